The summed E-state index contributed by atoms with van der Waals surface area (Å²) in [6.07, 6.45) is 5.95. The smallest absolute Gasteiger partial charge is 0.241 e. The molecular formula is C17H20N6O. The van der Waals surface area contributed by atoms with E-state index in [0.717, 1.165) is 25.2 Å². The van der Waals surface area contributed by atoms with Crippen molar-refractivity contribution in [1.82, 2.24) is 29.8 Å². The van der Waals surface area contributed by atoms with Crippen LogP contribution in [-0.4, -0.2) is 42.9 Å². The Kier molecular flexibility index (Phi) is 4.08. The van der Waals surface area contributed by atoms with E-state index in [1.54, 1.807) is 6.20 Å². The van der Waals surface area contributed by atoms with E-state index in [4.69, 9.17) is 4.52 Å². The summed E-state index contributed by atoms with van der Waals surface area (Å²) in [6.45, 7) is 2.71. The van der Waals surface area contributed by atoms with Gasteiger partial charge in [0.05, 0.1) is 6.54 Å². The lowest BCUT2D eigenvalue weighted by Gasteiger charge is -2.31. The molecule has 0 amide bonds. The van der Waals surface area contributed by atoms with Crippen LogP contribution in [0.2, 0.25) is 0 Å². The molecule has 1 fully saturated rings. The van der Waals surface area contributed by atoms with Crippen molar-refractivity contribution < 1.29 is 4.52 Å². The van der Waals surface area contributed by atoms with Gasteiger partial charge in [-0.25, -0.2) is 0 Å². The molecule has 24 heavy (non-hydrogen) atoms. The quantitative estimate of drug-likeness (QED) is 0.733. The zero-order valence-corrected chi connectivity index (χ0v) is 13.7. The van der Waals surface area contributed by atoms with E-state index in [0.29, 0.717) is 24.2 Å². The van der Waals surface area contributed by atoms with Crippen LogP contribution in [-0.2, 0) is 13.6 Å². The van der Waals surface area contributed by atoms with Gasteiger partial charge >= 0.3 is 0 Å². The highest BCUT2D eigenvalue weighted by molar-refractivity contribution is 5.46. The molecular weight excluding hydrogens is 304 g/mol. The minimum Gasteiger partial charge on any atom is -0.337 e. The van der Waals surface area contributed by atoms with Crippen molar-refractivity contribution in [2.75, 3.05) is 13.1 Å². The van der Waals surface area contributed by atoms with Gasteiger partial charge in [-0.3, -0.25) is 14.6 Å². The molecule has 0 bridgehead atoms. The number of pyridine rings is 1. The zero-order chi connectivity index (χ0) is 16.4. The Morgan fingerprint density at radius 2 is 2.21 bits per heavy atom. The van der Waals surface area contributed by atoms with Crippen molar-refractivity contribution in [1.29, 1.82) is 0 Å². The Hall–Kier alpha value is -2.54. The molecule has 0 aromatic carbocycles. The van der Waals surface area contributed by atoms with Crippen molar-refractivity contribution in [2.24, 2.45) is 7.05 Å². The van der Waals surface area contributed by atoms with Gasteiger partial charge < -0.3 is 4.52 Å². The highest BCUT2D eigenvalue weighted by Gasteiger charge is 2.24. The van der Waals surface area contributed by atoms with Crippen molar-refractivity contribution in [2.45, 2.75) is 25.3 Å². The average Bonchev–Trinajstić information content (AvgIpc) is 3.25. The van der Waals surface area contributed by atoms with Crippen LogP contribution in [0.4, 0.5) is 0 Å². The highest BCUT2D eigenvalue weighted by atomic mass is 16.5. The van der Waals surface area contributed by atoms with Gasteiger partial charge in [0, 0.05) is 37.6 Å². The lowest BCUT2D eigenvalue weighted by atomic mass is 9.95. The summed E-state index contributed by atoms with van der Waals surface area (Å²) in [4.78, 5) is 11.1. The number of nitrogens with zero attached hydrogens (tertiary/aromatic N) is 6. The topological polar surface area (TPSA) is 72.9 Å². The second-order valence-electron chi connectivity index (χ2n) is 6.18. The van der Waals surface area contributed by atoms with E-state index in [2.05, 4.69) is 31.2 Å². The number of rotatable bonds is 4. The second-order valence-corrected chi connectivity index (χ2v) is 6.18. The molecule has 124 valence electrons. The predicted octanol–water partition coefficient (Wildman–Crippen LogP) is 2.24. The van der Waals surface area contributed by atoms with Gasteiger partial charge in [-0.2, -0.15) is 10.1 Å². The molecule has 1 aliphatic heterocycles. The van der Waals surface area contributed by atoms with Crippen LogP contribution in [0, 0.1) is 0 Å². The summed E-state index contributed by atoms with van der Waals surface area (Å²) in [5.41, 5.74) is 2.03. The van der Waals surface area contributed by atoms with Gasteiger partial charge in [0.2, 0.25) is 11.7 Å². The first-order valence-corrected chi connectivity index (χ1v) is 8.24. The summed E-state index contributed by atoms with van der Waals surface area (Å²) >= 11 is 0. The fourth-order valence-electron chi connectivity index (χ4n) is 3.33. The molecule has 7 heteroatoms. The third-order valence-electron chi connectivity index (χ3n) is 4.50. The maximum absolute atomic E-state index is 5.41. The van der Waals surface area contributed by atoms with Gasteiger partial charge in [-0.05, 0) is 37.6 Å². The molecule has 1 saturated heterocycles. The first-order valence-electron chi connectivity index (χ1n) is 8.24. The van der Waals surface area contributed by atoms with Gasteiger partial charge in [0.25, 0.3) is 0 Å². The van der Waals surface area contributed by atoms with E-state index in [1.165, 1.54) is 12.1 Å². The summed E-state index contributed by atoms with van der Waals surface area (Å²) in [7, 11) is 2.01. The second kappa shape index (κ2) is 6.52. The molecule has 4 rings (SSSR count). The Morgan fingerprint density at radius 1 is 1.25 bits per heavy atom. The van der Waals surface area contributed by atoms with Crippen molar-refractivity contribution in [3.63, 3.8) is 0 Å². The monoisotopic (exact) mass is 324 g/mol. The molecule has 4 heterocycles. The zero-order valence-electron chi connectivity index (χ0n) is 13.7. The number of piperidine rings is 1. The van der Waals surface area contributed by atoms with Gasteiger partial charge in [-0.1, -0.05) is 11.2 Å². The van der Waals surface area contributed by atoms with Crippen LogP contribution < -0.4 is 0 Å². The molecule has 0 spiro atoms. The average molecular weight is 324 g/mol. The normalized spacial score (nSPS) is 18.8. The number of hydrogen-bond acceptors (Lipinski definition) is 6. The lowest BCUT2D eigenvalue weighted by Crippen LogP contribution is -2.34. The number of likely N-dealkylation sites (tertiary alicyclic amines) is 1. The van der Waals surface area contributed by atoms with Crippen LogP contribution in [0.15, 0.2) is 41.2 Å². The fourth-order valence-corrected chi connectivity index (χ4v) is 3.33. The van der Waals surface area contributed by atoms with Crippen LogP contribution >= 0.6 is 0 Å². The van der Waals surface area contributed by atoms with Crippen LogP contribution in [0.5, 0.6) is 0 Å². The third kappa shape index (κ3) is 3.07. The Bertz CT molecular complexity index is 796. The van der Waals surface area contributed by atoms with Crippen LogP contribution in [0.25, 0.3) is 11.5 Å². The molecule has 0 unspecified atom stereocenters. The van der Waals surface area contributed by atoms with E-state index in [-0.39, 0.29) is 0 Å². The van der Waals surface area contributed by atoms with Crippen molar-refractivity contribution in [3.8, 4) is 11.5 Å². The maximum Gasteiger partial charge on any atom is 0.241 e. The fraction of sp³-hybridized carbons (Fsp3) is 0.412. The van der Waals surface area contributed by atoms with Crippen molar-refractivity contribution >= 4 is 0 Å². The highest BCUT2D eigenvalue weighted by Crippen LogP contribution is 2.27. The van der Waals surface area contributed by atoms with E-state index in [1.807, 2.05) is 36.1 Å². The molecule has 7 nitrogen and oxygen atoms in total. The number of hydrogen-bond donors (Lipinski definition) is 0. The van der Waals surface area contributed by atoms with Crippen LogP contribution in [0.3, 0.4) is 0 Å². The maximum atomic E-state index is 5.41. The van der Waals surface area contributed by atoms with Gasteiger partial charge in [0.15, 0.2) is 0 Å². The number of aromatic nitrogens is 5. The predicted molar refractivity (Wildman–Crippen MR) is 88.0 cm³/mol. The largest absolute Gasteiger partial charge is 0.337 e. The van der Waals surface area contributed by atoms with E-state index < -0.39 is 0 Å². The summed E-state index contributed by atoms with van der Waals surface area (Å²) in [5.74, 6) is 1.69. The Balaban J connectivity index is 1.44. The molecule has 1 aliphatic rings. The van der Waals surface area contributed by atoms with E-state index >= 15 is 0 Å². The SMILES string of the molecule is Cn1nccc1[C@H]1CCCN(Cc2nc(-c3ccccn3)no2)C1. The first-order chi connectivity index (χ1) is 11.8. The number of aryl methyl sites for hydroxylation is 1. The molecule has 0 radical (unpaired) electrons. The third-order valence-corrected chi connectivity index (χ3v) is 4.50. The molecule has 0 N–H and O–H groups in total. The van der Waals surface area contributed by atoms with Gasteiger partial charge in [0.1, 0.15) is 5.69 Å². The summed E-state index contributed by atoms with van der Waals surface area (Å²) in [5, 5.41) is 8.33. The van der Waals surface area contributed by atoms with E-state index in [9.17, 15) is 0 Å². The summed E-state index contributed by atoms with van der Waals surface area (Å²) in [6, 6.07) is 7.78. The van der Waals surface area contributed by atoms with Gasteiger partial charge in [-0.15, -0.1) is 0 Å². The Labute approximate surface area is 140 Å². The first kappa shape index (κ1) is 15.0. The standard InChI is InChI=1S/C17H20N6O/c1-22-15(7-9-19-22)13-5-4-10-23(11-13)12-16-20-17(21-24-16)14-6-2-3-8-18-14/h2-3,6-9,13H,4-5,10-12H2,1H3/t13-/m0/s1. The minimum atomic E-state index is 0.504. The molecule has 0 aliphatic carbocycles. The molecule has 0 saturated carbocycles. The summed E-state index contributed by atoms with van der Waals surface area (Å²) < 4.78 is 7.38. The minimum absolute atomic E-state index is 0.504. The van der Waals surface area contributed by atoms with Crippen LogP contribution in [0.1, 0.15) is 30.3 Å². The lowest BCUT2D eigenvalue weighted by molar-refractivity contribution is 0.174. The molecule has 3 aromatic heterocycles. The molecule has 3 aromatic rings. The Morgan fingerprint density at radius 3 is 3.00 bits per heavy atom. The molecule has 1 atom stereocenters. The van der Waals surface area contributed by atoms with Crippen molar-refractivity contribution in [3.05, 3.63) is 48.2 Å².